The minimum atomic E-state index is -0.763. The molecule has 1 fully saturated rings. The Bertz CT molecular complexity index is 1180. The smallest absolute Gasteiger partial charge is 0.300 e. The fourth-order valence-electron chi connectivity index (χ4n) is 4.03. The van der Waals surface area contributed by atoms with E-state index in [9.17, 15) is 14.7 Å². The van der Waals surface area contributed by atoms with E-state index in [1.165, 1.54) is 23.3 Å². The molecule has 7 heteroatoms. The van der Waals surface area contributed by atoms with Crippen LogP contribution in [0.3, 0.4) is 0 Å². The topological polar surface area (TPSA) is 76.1 Å². The van der Waals surface area contributed by atoms with E-state index in [0.717, 1.165) is 24.1 Å². The van der Waals surface area contributed by atoms with Crippen molar-refractivity contribution in [2.24, 2.45) is 0 Å². The molecule has 2 aromatic carbocycles. The lowest BCUT2D eigenvalue weighted by Crippen LogP contribution is -2.29. The maximum Gasteiger partial charge on any atom is 0.300 e. The molecule has 1 aliphatic heterocycles. The van der Waals surface area contributed by atoms with Gasteiger partial charge in [0.2, 0.25) is 0 Å². The molecule has 1 N–H and O–H groups in total. The maximum absolute atomic E-state index is 13.2. The Balaban J connectivity index is 1.74. The molecule has 0 bridgehead atoms. The Morgan fingerprint density at radius 3 is 2.47 bits per heavy atom. The molecular formula is C27H27NO5S. The Labute approximate surface area is 203 Å². The van der Waals surface area contributed by atoms with Crippen LogP contribution in [0.15, 0.2) is 71.6 Å². The summed E-state index contributed by atoms with van der Waals surface area (Å²) in [4.78, 5) is 28.6. The third-order valence-electron chi connectivity index (χ3n) is 5.75. The molecule has 1 aromatic heterocycles. The zero-order chi connectivity index (χ0) is 24.1. The van der Waals surface area contributed by atoms with E-state index >= 15 is 0 Å². The van der Waals surface area contributed by atoms with E-state index in [-0.39, 0.29) is 11.3 Å². The molecule has 4 rings (SSSR count). The first-order chi connectivity index (χ1) is 16.6. The van der Waals surface area contributed by atoms with E-state index in [1.54, 1.807) is 48.5 Å². The second-order valence-electron chi connectivity index (χ2n) is 7.94. The maximum atomic E-state index is 13.2. The number of thiophene rings is 1. The highest BCUT2D eigenvalue weighted by Crippen LogP contribution is 2.46. The van der Waals surface area contributed by atoms with Gasteiger partial charge in [-0.05, 0) is 54.3 Å². The molecule has 1 atom stereocenters. The predicted molar refractivity (Wildman–Crippen MR) is 134 cm³/mol. The molecule has 2 heterocycles. The number of benzene rings is 2. The van der Waals surface area contributed by atoms with Crippen LogP contribution in [0.5, 0.6) is 11.5 Å². The van der Waals surface area contributed by atoms with Gasteiger partial charge in [0.15, 0.2) is 0 Å². The second-order valence-corrected chi connectivity index (χ2v) is 8.92. The van der Waals surface area contributed by atoms with Gasteiger partial charge in [0.05, 0.1) is 25.0 Å². The molecule has 1 unspecified atom stereocenters. The average molecular weight is 478 g/mol. The molecule has 3 aromatic rings. The Morgan fingerprint density at radius 1 is 1.03 bits per heavy atom. The lowest BCUT2D eigenvalue weighted by Gasteiger charge is -2.25. The number of rotatable bonds is 9. The van der Waals surface area contributed by atoms with Crippen LogP contribution in [0.4, 0.5) is 5.69 Å². The second kappa shape index (κ2) is 10.6. The van der Waals surface area contributed by atoms with Crippen LogP contribution in [0.1, 0.15) is 42.7 Å². The van der Waals surface area contributed by atoms with Crippen molar-refractivity contribution >= 4 is 34.5 Å². The van der Waals surface area contributed by atoms with Crippen molar-refractivity contribution in [2.45, 2.75) is 32.2 Å². The summed E-state index contributed by atoms with van der Waals surface area (Å²) in [6, 6.07) is 16.9. The number of Topliss-reactive ketones (excluding diaryl/α,β-unsaturated/α-hetero) is 1. The summed E-state index contributed by atoms with van der Waals surface area (Å²) in [5.74, 6) is -0.499. The van der Waals surface area contributed by atoms with Gasteiger partial charge in [0.25, 0.3) is 11.7 Å². The zero-order valence-corrected chi connectivity index (χ0v) is 20.0. The molecule has 34 heavy (non-hydrogen) atoms. The normalized spacial score (nSPS) is 17.2. The summed E-state index contributed by atoms with van der Waals surface area (Å²) in [6.45, 7) is 2.76. The highest BCUT2D eigenvalue weighted by molar-refractivity contribution is 7.10. The van der Waals surface area contributed by atoms with Crippen LogP contribution >= 0.6 is 11.3 Å². The first kappa shape index (κ1) is 23.6. The third kappa shape index (κ3) is 4.56. The molecule has 1 amide bonds. The zero-order valence-electron chi connectivity index (χ0n) is 19.2. The Morgan fingerprint density at radius 2 is 1.79 bits per heavy atom. The largest absolute Gasteiger partial charge is 0.507 e. The number of nitrogens with zero attached hydrogens (tertiary/aromatic N) is 1. The third-order valence-corrected chi connectivity index (χ3v) is 6.67. The first-order valence-corrected chi connectivity index (χ1v) is 12.2. The van der Waals surface area contributed by atoms with E-state index in [4.69, 9.17) is 9.47 Å². The first-order valence-electron chi connectivity index (χ1n) is 11.3. The number of ketones is 1. The van der Waals surface area contributed by atoms with Crippen LogP contribution in [0, 0.1) is 0 Å². The molecule has 176 valence electrons. The summed E-state index contributed by atoms with van der Waals surface area (Å²) < 4.78 is 11.2. The van der Waals surface area contributed by atoms with Gasteiger partial charge in [0.1, 0.15) is 23.3 Å². The number of hydrogen-bond acceptors (Lipinski definition) is 6. The van der Waals surface area contributed by atoms with Crippen molar-refractivity contribution in [3.63, 3.8) is 0 Å². The molecule has 6 nitrogen and oxygen atoms in total. The summed E-state index contributed by atoms with van der Waals surface area (Å²) in [5.41, 5.74) is 0.968. The lowest BCUT2D eigenvalue weighted by atomic mass is 9.99. The Hall–Kier alpha value is -3.58. The predicted octanol–water partition coefficient (Wildman–Crippen LogP) is 5.95. The number of ether oxygens (including phenoxy) is 2. The average Bonchev–Trinajstić information content (AvgIpc) is 3.48. The highest BCUT2D eigenvalue weighted by Gasteiger charge is 2.48. The van der Waals surface area contributed by atoms with Crippen molar-refractivity contribution < 1.29 is 24.2 Å². The van der Waals surface area contributed by atoms with Crippen molar-refractivity contribution in [2.75, 3.05) is 18.6 Å². The number of para-hydroxylation sites is 2. The number of unbranched alkanes of at least 4 members (excludes halogenated alkanes) is 2. The van der Waals surface area contributed by atoms with E-state index < -0.39 is 17.7 Å². The molecule has 0 aliphatic carbocycles. The van der Waals surface area contributed by atoms with Crippen LogP contribution in [0.25, 0.3) is 5.76 Å². The standard InChI is InChI=1S/C27H27NO5S/c1-3-4-7-16-33-19-14-12-18(13-15-19)25(29)23-24(22-11-8-17-34-22)28(27(31)26(23)30)20-9-5-6-10-21(20)32-2/h5-6,8-15,17,24,29H,3-4,7,16H2,1-2H3/b25-23-. The van der Waals surface area contributed by atoms with Gasteiger partial charge < -0.3 is 14.6 Å². The molecular weight excluding hydrogens is 450 g/mol. The quantitative estimate of drug-likeness (QED) is 0.178. The number of carbonyl (C=O) groups excluding carboxylic acids is 2. The molecule has 0 spiro atoms. The summed E-state index contributed by atoms with van der Waals surface area (Å²) >= 11 is 1.42. The van der Waals surface area contributed by atoms with Gasteiger partial charge in [0, 0.05) is 10.4 Å². The minimum Gasteiger partial charge on any atom is -0.507 e. The molecule has 0 radical (unpaired) electrons. The van der Waals surface area contributed by atoms with Gasteiger partial charge in [-0.15, -0.1) is 11.3 Å². The van der Waals surface area contributed by atoms with Gasteiger partial charge in [-0.2, -0.15) is 0 Å². The van der Waals surface area contributed by atoms with Crippen molar-refractivity contribution in [3.8, 4) is 11.5 Å². The number of aliphatic hydroxyl groups is 1. The van der Waals surface area contributed by atoms with Gasteiger partial charge in [-0.25, -0.2) is 0 Å². The minimum absolute atomic E-state index is 0.0509. The van der Waals surface area contributed by atoms with Crippen LogP contribution in [-0.2, 0) is 9.59 Å². The molecule has 1 aliphatic rings. The number of amides is 1. The Kier molecular flexibility index (Phi) is 7.33. The fourth-order valence-corrected chi connectivity index (χ4v) is 4.86. The SMILES string of the molecule is CCCCCOc1ccc(/C(O)=C2/C(=O)C(=O)N(c3ccccc3OC)C2c2cccs2)cc1. The van der Waals surface area contributed by atoms with Crippen molar-refractivity contribution in [1.29, 1.82) is 0 Å². The van der Waals surface area contributed by atoms with Crippen LogP contribution < -0.4 is 14.4 Å². The van der Waals surface area contributed by atoms with Crippen molar-refractivity contribution in [3.05, 3.63) is 82.1 Å². The number of carbonyl (C=O) groups is 2. The van der Waals surface area contributed by atoms with Crippen LogP contribution in [0.2, 0.25) is 0 Å². The number of aliphatic hydroxyl groups excluding tert-OH is 1. The fraction of sp³-hybridized carbons (Fsp3) is 0.259. The summed E-state index contributed by atoms with van der Waals surface area (Å²) in [7, 11) is 1.52. The van der Waals surface area contributed by atoms with Gasteiger partial charge in [-0.3, -0.25) is 14.5 Å². The van der Waals surface area contributed by atoms with Crippen molar-refractivity contribution in [1.82, 2.24) is 0 Å². The highest BCUT2D eigenvalue weighted by atomic mass is 32.1. The summed E-state index contributed by atoms with van der Waals surface area (Å²) in [6.07, 6.45) is 3.20. The van der Waals surface area contributed by atoms with Gasteiger partial charge in [-0.1, -0.05) is 38.0 Å². The lowest BCUT2D eigenvalue weighted by molar-refractivity contribution is -0.132. The molecule has 1 saturated heterocycles. The van der Waals surface area contributed by atoms with Gasteiger partial charge >= 0.3 is 0 Å². The monoisotopic (exact) mass is 477 g/mol. The van der Waals surface area contributed by atoms with E-state index in [2.05, 4.69) is 6.92 Å². The van der Waals surface area contributed by atoms with E-state index in [1.807, 2.05) is 17.5 Å². The number of methoxy groups -OCH3 is 1. The van der Waals surface area contributed by atoms with Crippen LogP contribution in [-0.4, -0.2) is 30.5 Å². The number of anilines is 1. The number of hydrogen-bond donors (Lipinski definition) is 1. The summed E-state index contributed by atoms with van der Waals surface area (Å²) in [5, 5.41) is 13.1. The van der Waals surface area contributed by atoms with E-state index in [0.29, 0.717) is 29.4 Å². The molecule has 0 saturated carbocycles.